The van der Waals surface area contributed by atoms with Gasteiger partial charge in [0.2, 0.25) is 5.78 Å². The molecule has 0 aromatic heterocycles. The normalized spacial score (nSPS) is 15.1. The van der Waals surface area contributed by atoms with Gasteiger partial charge in [-0.25, -0.2) is 0 Å². The summed E-state index contributed by atoms with van der Waals surface area (Å²) in [5.41, 5.74) is 1.28. The maximum absolute atomic E-state index is 11.2. The van der Waals surface area contributed by atoms with Crippen molar-refractivity contribution in [1.29, 1.82) is 0 Å². The number of hydrogen-bond donors (Lipinski definition) is 2. The molecule has 1 rings (SSSR count). The molecule has 0 aromatic rings. The van der Waals surface area contributed by atoms with Crippen molar-refractivity contribution in [3.63, 3.8) is 0 Å². The third-order valence-electron chi connectivity index (χ3n) is 1.56. The van der Waals surface area contributed by atoms with E-state index < -0.39 is 0 Å². The van der Waals surface area contributed by atoms with Gasteiger partial charge in [-0.15, -0.1) is 0 Å². The standard InChI is InChI=1S/C7H10N2O3/c1-5-7(9-3-8-5)6(11)2-12-4-10/h4,8-9H,2-3H2,1H3. The van der Waals surface area contributed by atoms with Crippen molar-refractivity contribution in [2.24, 2.45) is 0 Å². The van der Waals surface area contributed by atoms with Gasteiger partial charge in [-0.1, -0.05) is 0 Å². The Morgan fingerprint density at radius 1 is 1.67 bits per heavy atom. The number of Topliss-reactive ketones (excluding diaryl/α,β-unsaturated/α-hetero) is 1. The topological polar surface area (TPSA) is 67.4 Å². The molecule has 0 fully saturated rings. The number of allylic oxidation sites excluding steroid dienone is 1. The second kappa shape index (κ2) is 3.75. The molecule has 5 heteroatoms. The maximum Gasteiger partial charge on any atom is 0.293 e. The first-order chi connectivity index (χ1) is 5.75. The van der Waals surface area contributed by atoms with Crippen LogP contribution >= 0.6 is 0 Å². The summed E-state index contributed by atoms with van der Waals surface area (Å²) in [6.45, 7) is 2.39. The second-order valence-electron chi connectivity index (χ2n) is 2.36. The molecule has 0 unspecified atom stereocenters. The van der Waals surface area contributed by atoms with Crippen LogP contribution in [0, 0.1) is 0 Å². The molecule has 0 bridgehead atoms. The number of ether oxygens (including phenoxy) is 1. The van der Waals surface area contributed by atoms with Crippen molar-refractivity contribution in [2.45, 2.75) is 6.92 Å². The van der Waals surface area contributed by atoms with Crippen LogP contribution in [-0.2, 0) is 14.3 Å². The molecule has 2 N–H and O–H groups in total. The van der Waals surface area contributed by atoms with Crippen LogP contribution in [0.15, 0.2) is 11.4 Å². The van der Waals surface area contributed by atoms with E-state index in [-0.39, 0.29) is 18.9 Å². The summed E-state index contributed by atoms with van der Waals surface area (Å²) in [5.74, 6) is -0.218. The van der Waals surface area contributed by atoms with Crippen LogP contribution in [0.4, 0.5) is 0 Å². The fourth-order valence-corrected chi connectivity index (χ4v) is 0.976. The van der Waals surface area contributed by atoms with Crippen molar-refractivity contribution < 1.29 is 14.3 Å². The Bertz CT molecular complexity index is 235. The molecule has 0 amide bonds. The van der Waals surface area contributed by atoms with Gasteiger partial charge >= 0.3 is 0 Å². The van der Waals surface area contributed by atoms with Gasteiger partial charge in [0.15, 0.2) is 6.61 Å². The van der Waals surface area contributed by atoms with E-state index in [9.17, 15) is 9.59 Å². The molecule has 12 heavy (non-hydrogen) atoms. The third-order valence-corrected chi connectivity index (χ3v) is 1.56. The van der Waals surface area contributed by atoms with Gasteiger partial charge in [0.25, 0.3) is 6.47 Å². The van der Waals surface area contributed by atoms with E-state index in [1.54, 1.807) is 6.92 Å². The van der Waals surface area contributed by atoms with Gasteiger partial charge in [0.05, 0.1) is 6.67 Å². The Morgan fingerprint density at radius 3 is 2.92 bits per heavy atom. The quantitative estimate of drug-likeness (QED) is 0.536. The maximum atomic E-state index is 11.2. The summed E-state index contributed by atoms with van der Waals surface area (Å²) in [4.78, 5) is 20.9. The van der Waals surface area contributed by atoms with E-state index in [1.807, 2.05) is 0 Å². The number of nitrogens with one attached hydrogen (secondary N) is 2. The predicted molar refractivity (Wildman–Crippen MR) is 40.9 cm³/mol. The lowest BCUT2D eigenvalue weighted by Crippen LogP contribution is -2.21. The zero-order valence-electron chi connectivity index (χ0n) is 6.72. The molecule has 0 atom stereocenters. The zero-order valence-corrected chi connectivity index (χ0v) is 6.72. The van der Waals surface area contributed by atoms with Crippen LogP contribution in [0.5, 0.6) is 0 Å². The van der Waals surface area contributed by atoms with Gasteiger partial charge in [0, 0.05) is 5.70 Å². The minimum atomic E-state index is -0.218. The van der Waals surface area contributed by atoms with E-state index in [0.29, 0.717) is 12.4 Å². The lowest BCUT2D eigenvalue weighted by atomic mass is 10.2. The molecule has 1 aliphatic rings. The Kier molecular flexibility index (Phi) is 2.68. The molecule has 1 aliphatic heterocycles. The van der Waals surface area contributed by atoms with Crippen molar-refractivity contribution in [2.75, 3.05) is 13.3 Å². The van der Waals surface area contributed by atoms with Gasteiger partial charge in [-0.05, 0) is 6.92 Å². The highest BCUT2D eigenvalue weighted by atomic mass is 16.5. The van der Waals surface area contributed by atoms with Crippen LogP contribution < -0.4 is 10.6 Å². The predicted octanol–water partition coefficient (Wildman–Crippen LogP) is -0.890. The molecule has 0 saturated carbocycles. The van der Waals surface area contributed by atoms with Gasteiger partial charge in [-0.3, -0.25) is 9.59 Å². The summed E-state index contributed by atoms with van der Waals surface area (Å²) in [5, 5.41) is 5.77. The van der Waals surface area contributed by atoms with E-state index in [1.165, 1.54) is 0 Å². The average molecular weight is 170 g/mol. The fraction of sp³-hybridized carbons (Fsp3) is 0.429. The summed E-state index contributed by atoms with van der Waals surface area (Å²) < 4.78 is 4.32. The first-order valence-electron chi connectivity index (χ1n) is 3.52. The Balaban J connectivity index is 2.51. The van der Waals surface area contributed by atoms with Gasteiger partial charge in [-0.2, -0.15) is 0 Å². The lowest BCUT2D eigenvalue weighted by Gasteiger charge is -2.00. The first kappa shape index (κ1) is 8.58. The third kappa shape index (κ3) is 1.75. The molecular formula is C7H10N2O3. The van der Waals surface area contributed by atoms with Crippen molar-refractivity contribution in [3.8, 4) is 0 Å². The zero-order chi connectivity index (χ0) is 8.97. The number of carbonyl (C=O) groups excluding carboxylic acids is 2. The molecule has 0 aromatic carbocycles. The van der Waals surface area contributed by atoms with Crippen LogP contribution in [0.25, 0.3) is 0 Å². The van der Waals surface area contributed by atoms with Crippen molar-refractivity contribution >= 4 is 12.3 Å². The van der Waals surface area contributed by atoms with Crippen molar-refractivity contribution in [3.05, 3.63) is 11.4 Å². The first-order valence-corrected chi connectivity index (χ1v) is 3.52. The summed E-state index contributed by atoms with van der Waals surface area (Å²) in [6, 6.07) is 0. The Hall–Kier alpha value is -1.52. The molecule has 5 nitrogen and oxygen atoms in total. The molecule has 0 spiro atoms. The minimum absolute atomic E-state index is 0.204. The number of ketones is 1. The van der Waals surface area contributed by atoms with Gasteiger partial charge < -0.3 is 15.4 Å². The summed E-state index contributed by atoms with van der Waals surface area (Å²) in [7, 11) is 0. The SMILES string of the molecule is CC1=C(C(=O)COC=O)NCN1. The molecular weight excluding hydrogens is 160 g/mol. The second-order valence-corrected chi connectivity index (χ2v) is 2.36. The average Bonchev–Trinajstić information content (AvgIpc) is 2.47. The van der Waals surface area contributed by atoms with E-state index in [4.69, 9.17) is 0 Å². The highest BCUT2D eigenvalue weighted by Crippen LogP contribution is 2.03. The van der Waals surface area contributed by atoms with Crippen LogP contribution in [0.2, 0.25) is 0 Å². The smallest absolute Gasteiger partial charge is 0.293 e. The Labute approximate surface area is 69.8 Å². The van der Waals surface area contributed by atoms with Crippen LogP contribution in [0.1, 0.15) is 6.92 Å². The summed E-state index contributed by atoms with van der Waals surface area (Å²) >= 11 is 0. The van der Waals surface area contributed by atoms with Crippen LogP contribution in [0.3, 0.4) is 0 Å². The molecule has 0 radical (unpaired) electrons. The monoisotopic (exact) mass is 170 g/mol. The number of hydrogen-bond acceptors (Lipinski definition) is 5. The highest BCUT2D eigenvalue weighted by Gasteiger charge is 2.16. The van der Waals surface area contributed by atoms with E-state index in [2.05, 4.69) is 15.4 Å². The Morgan fingerprint density at radius 2 is 2.42 bits per heavy atom. The number of carbonyl (C=O) groups is 2. The van der Waals surface area contributed by atoms with E-state index >= 15 is 0 Å². The van der Waals surface area contributed by atoms with Crippen LogP contribution in [-0.4, -0.2) is 25.5 Å². The van der Waals surface area contributed by atoms with E-state index in [0.717, 1.165) is 5.70 Å². The lowest BCUT2D eigenvalue weighted by molar-refractivity contribution is -0.135. The van der Waals surface area contributed by atoms with Gasteiger partial charge in [0.1, 0.15) is 5.70 Å². The highest BCUT2D eigenvalue weighted by molar-refractivity contribution is 5.97. The largest absolute Gasteiger partial charge is 0.459 e. The molecule has 0 aliphatic carbocycles. The molecule has 0 saturated heterocycles. The molecule has 66 valence electrons. The summed E-state index contributed by atoms with van der Waals surface area (Å²) in [6.07, 6.45) is 0. The minimum Gasteiger partial charge on any atom is -0.459 e. The fourth-order valence-electron chi connectivity index (χ4n) is 0.976. The number of rotatable bonds is 4. The molecule has 1 heterocycles. The van der Waals surface area contributed by atoms with Crippen molar-refractivity contribution in [1.82, 2.24) is 10.6 Å².